The van der Waals surface area contributed by atoms with Crippen molar-refractivity contribution in [1.82, 2.24) is 4.98 Å². The van der Waals surface area contributed by atoms with Gasteiger partial charge in [0.1, 0.15) is 12.4 Å². The highest BCUT2D eigenvalue weighted by Gasteiger charge is 2.22. The predicted molar refractivity (Wildman–Crippen MR) is 161 cm³/mol. The number of H-pyrrole nitrogens is 1. The Morgan fingerprint density at radius 2 is 0.889 bits per heavy atom. The Morgan fingerprint density at radius 3 is 1.31 bits per heavy atom. The highest BCUT2D eigenvalue weighted by atomic mass is 15.1. The zero-order valence-corrected chi connectivity index (χ0v) is 25.4. The molecule has 1 aromatic heterocycles. The molecule has 0 radical (unpaired) electrons. The summed E-state index contributed by atoms with van der Waals surface area (Å²) in [5.41, 5.74) is 0. The maximum absolute atomic E-state index is 3.59. The van der Waals surface area contributed by atoms with Crippen molar-refractivity contribution in [1.29, 1.82) is 0 Å². The molecule has 36 heavy (non-hydrogen) atoms. The maximum atomic E-state index is 3.59. The summed E-state index contributed by atoms with van der Waals surface area (Å²) in [6, 6.07) is 0.620. The van der Waals surface area contributed by atoms with Gasteiger partial charge in [-0.05, 0) is 26.2 Å². The third-order valence-corrected chi connectivity index (χ3v) is 8.40. The number of nitrogens with zero attached hydrogens (tertiary/aromatic N) is 1. The third kappa shape index (κ3) is 17.6. The molecule has 0 amide bonds. The summed E-state index contributed by atoms with van der Waals surface area (Å²) in [5.74, 6) is 2.09. The van der Waals surface area contributed by atoms with Crippen molar-refractivity contribution in [2.24, 2.45) is 0 Å². The van der Waals surface area contributed by atoms with E-state index in [9.17, 15) is 0 Å². The van der Waals surface area contributed by atoms with Crippen molar-refractivity contribution >= 4 is 0 Å². The van der Waals surface area contributed by atoms with Gasteiger partial charge in [0.05, 0.1) is 12.0 Å². The molecule has 212 valence electrons. The van der Waals surface area contributed by atoms with Gasteiger partial charge in [-0.2, -0.15) is 0 Å². The Bertz CT molecular complexity index is 563. The van der Waals surface area contributed by atoms with E-state index in [0.29, 0.717) is 12.0 Å². The summed E-state index contributed by atoms with van der Waals surface area (Å²) >= 11 is 0. The van der Waals surface area contributed by atoms with Crippen molar-refractivity contribution in [3.8, 4) is 0 Å². The van der Waals surface area contributed by atoms with Crippen molar-refractivity contribution in [3.05, 3.63) is 18.2 Å². The Balaban J connectivity index is 2.04. The van der Waals surface area contributed by atoms with E-state index in [1.54, 1.807) is 0 Å². The first-order valence-corrected chi connectivity index (χ1v) is 16.8. The molecule has 2 atom stereocenters. The van der Waals surface area contributed by atoms with Crippen LogP contribution < -0.4 is 4.57 Å². The molecule has 2 nitrogen and oxygen atoms in total. The van der Waals surface area contributed by atoms with Crippen LogP contribution in [-0.4, -0.2) is 4.98 Å². The van der Waals surface area contributed by atoms with Crippen LogP contribution in [0.25, 0.3) is 0 Å². The minimum atomic E-state index is 0.620. The summed E-state index contributed by atoms with van der Waals surface area (Å²) in [6.45, 7) is 9.45. The lowest BCUT2D eigenvalue weighted by atomic mass is 10.00. The van der Waals surface area contributed by atoms with E-state index in [2.05, 4.69) is 49.6 Å². The fraction of sp³-hybridized carbons (Fsp3) is 0.912. The van der Waals surface area contributed by atoms with Crippen LogP contribution in [-0.2, 0) is 0 Å². The molecule has 1 rings (SSSR count). The van der Waals surface area contributed by atoms with Gasteiger partial charge in [0, 0.05) is 0 Å². The molecule has 0 saturated heterocycles. The van der Waals surface area contributed by atoms with E-state index in [0.717, 1.165) is 0 Å². The van der Waals surface area contributed by atoms with Crippen LogP contribution in [0.3, 0.4) is 0 Å². The molecule has 0 fully saturated rings. The van der Waals surface area contributed by atoms with E-state index in [4.69, 9.17) is 0 Å². The lowest BCUT2D eigenvalue weighted by molar-refractivity contribution is -0.727. The van der Waals surface area contributed by atoms with Crippen LogP contribution in [0.4, 0.5) is 0 Å². The Kier molecular flexibility index (Phi) is 22.7. The van der Waals surface area contributed by atoms with Gasteiger partial charge in [-0.15, -0.1) is 0 Å². The Morgan fingerprint density at radius 1 is 0.528 bits per heavy atom. The number of nitrogens with one attached hydrogen (secondary N) is 1. The SMILES string of the molecule is CCCCCCCCCCCCCCC(C)[n+]1cc[nH]c1C(C)CCCCCCCCCCCCC. The second-order valence-electron chi connectivity index (χ2n) is 12.0. The van der Waals surface area contributed by atoms with Gasteiger partial charge in [0.2, 0.25) is 0 Å². The average molecular weight is 504 g/mol. The molecule has 0 bridgehead atoms. The van der Waals surface area contributed by atoms with E-state index in [-0.39, 0.29) is 0 Å². The number of aromatic amines is 1. The smallest absolute Gasteiger partial charge is 0.247 e. The molecular weight excluding hydrogens is 436 g/mol. The Labute approximate surface area is 227 Å². The van der Waals surface area contributed by atoms with E-state index in [1.165, 1.54) is 166 Å². The van der Waals surface area contributed by atoms with Crippen LogP contribution in [0.15, 0.2) is 12.4 Å². The monoisotopic (exact) mass is 504 g/mol. The minimum Gasteiger partial charge on any atom is -0.247 e. The number of imidazole rings is 1. The first-order valence-electron chi connectivity index (χ1n) is 16.8. The normalized spacial score (nSPS) is 13.3. The van der Waals surface area contributed by atoms with Gasteiger partial charge in [-0.25, -0.2) is 9.55 Å². The van der Waals surface area contributed by atoms with E-state index in [1.807, 2.05) is 0 Å². The van der Waals surface area contributed by atoms with E-state index < -0.39 is 0 Å². The minimum absolute atomic E-state index is 0.620. The van der Waals surface area contributed by atoms with Crippen molar-refractivity contribution < 1.29 is 4.57 Å². The number of hydrogen-bond acceptors (Lipinski definition) is 0. The lowest BCUT2D eigenvalue weighted by Crippen LogP contribution is -2.40. The number of rotatable bonds is 27. The highest BCUT2D eigenvalue weighted by Crippen LogP contribution is 2.21. The van der Waals surface area contributed by atoms with E-state index >= 15 is 0 Å². The van der Waals surface area contributed by atoms with Crippen LogP contribution in [0.1, 0.15) is 206 Å². The molecule has 0 aliphatic heterocycles. The molecular formula is C34H67N2+. The molecule has 2 heteroatoms. The molecule has 0 aromatic carbocycles. The zero-order valence-electron chi connectivity index (χ0n) is 25.4. The van der Waals surface area contributed by atoms with Crippen LogP contribution >= 0.6 is 0 Å². The summed E-state index contributed by atoms with van der Waals surface area (Å²) in [5, 5.41) is 0. The molecule has 0 saturated carbocycles. The quantitative estimate of drug-likeness (QED) is 0.0909. The van der Waals surface area contributed by atoms with Crippen LogP contribution in [0.2, 0.25) is 0 Å². The molecule has 1 N–H and O–H groups in total. The fourth-order valence-corrected chi connectivity index (χ4v) is 5.81. The zero-order chi connectivity index (χ0) is 26.1. The number of aromatic nitrogens is 2. The second kappa shape index (κ2) is 24.5. The second-order valence-corrected chi connectivity index (χ2v) is 12.0. The Hall–Kier alpha value is -0.790. The van der Waals surface area contributed by atoms with Crippen molar-refractivity contribution in [2.45, 2.75) is 200 Å². The van der Waals surface area contributed by atoms with Crippen LogP contribution in [0, 0.1) is 0 Å². The highest BCUT2D eigenvalue weighted by molar-refractivity contribution is 4.87. The maximum Gasteiger partial charge on any atom is 0.257 e. The number of hydrogen-bond donors (Lipinski definition) is 1. The first kappa shape index (κ1) is 33.2. The molecule has 1 heterocycles. The molecule has 0 aliphatic carbocycles. The average Bonchev–Trinajstić information content (AvgIpc) is 3.38. The molecule has 0 aliphatic rings. The van der Waals surface area contributed by atoms with Gasteiger partial charge in [0.15, 0.2) is 0 Å². The van der Waals surface area contributed by atoms with Gasteiger partial charge in [0.25, 0.3) is 5.82 Å². The molecule has 0 spiro atoms. The first-order chi connectivity index (χ1) is 17.7. The van der Waals surface area contributed by atoms with Gasteiger partial charge >= 0.3 is 0 Å². The summed E-state index contributed by atoms with van der Waals surface area (Å²) in [7, 11) is 0. The van der Waals surface area contributed by atoms with Crippen molar-refractivity contribution in [2.75, 3.05) is 0 Å². The predicted octanol–water partition coefficient (Wildman–Crippen LogP) is 11.8. The number of unbranched alkanes of at least 4 members (excludes halogenated alkanes) is 21. The summed E-state index contributed by atoms with van der Waals surface area (Å²) < 4.78 is 2.54. The lowest BCUT2D eigenvalue weighted by Gasteiger charge is -2.14. The van der Waals surface area contributed by atoms with Gasteiger partial charge in [-0.3, -0.25) is 0 Å². The van der Waals surface area contributed by atoms with Crippen molar-refractivity contribution in [3.63, 3.8) is 0 Å². The van der Waals surface area contributed by atoms with Gasteiger partial charge in [-0.1, -0.05) is 162 Å². The standard InChI is InChI=1S/C34H66N2/c1-5-7-9-11-13-15-17-19-21-23-25-27-29-33(4)36-31-30-35-34(36)32(3)28-26-24-22-20-18-16-14-12-10-8-6-2/h30-33H,5-29H2,1-4H3/p+1. The fourth-order valence-electron chi connectivity index (χ4n) is 5.81. The largest absolute Gasteiger partial charge is 0.257 e. The molecule has 2 unspecified atom stereocenters. The topological polar surface area (TPSA) is 19.7 Å². The molecule has 1 aromatic rings. The summed E-state index contributed by atoms with van der Waals surface area (Å²) in [6.07, 6.45) is 40.0. The van der Waals surface area contributed by atoms with Gasteiger partial charge < -0.3 is 0 Å². The summed E-state index contributed by atoms with van der Waals surface area (Å²) in [4.78, 5) is 3.59. The van der Waals surface area contributed by atoms with Crippen LogP contribution in [0.5, 0.6) is 0 Å². The third-order valence-electron chi connectivity index (χ3n) is 8.40.